The lowest BCUT2D eigenvalue weighted by Crippen LogP contribution is -2.37. The van der Waals surface area contributed by atoms with Gasteiger partial charge in [0, 0.05) is 24.0 Å². The molecule has 0 saturated carbocycles. The van der Waals surface area contributed by atoms with E-state index in [9.17, 15) is 4.79 Å². The van der Waals surface area contributed by atoms with Crippen molar-refractivity contribution < 1.29 is 9.53 Å². The molecular formula is C14H17ClN2O2. The molecule has 2 heterocycles. The highest BCUT2D eigenvalue weighted by molar-refractivity contribution is 6.31. The van der Waals surface area contributed by atoms with Gasteiger partial charge in [0.05, 0.1) is 12.2 Å². The van der Waals surface area contributed by atoms with E-state index >= 15 is 0 Å². The molecule has 0 spiro atoms. The molecule has 102 valence electrons. The lowest BCUT2D eigenvalue weighted by Gasteiger charge is -2.13. The highest BCUT2D eigenvalue weighted by atomic mass is 35.5. The molecule has 1 amide bonds. The molecule has 0 radical (unpaired) electrons. The minimum absolute atomic E-state index is 0.102. The highest BCUT2D eigenvalue weighted by Gasteiger charge is 2.23. The van der Waals surface area contributed by atoms with Gasteiger partial charge in [0.2, 0.25) is 0 Å². The van der Waals surface area contributed by atoms with Crippen LogP contribution in [0.5, 0.6) is 5.75 Å². The zero-order chi connectivity index (χ0) is 13.2. The Morgan fingerprint density at radius 3 is 3.21 bits per heavy atom. The Balaban J connectivity index is 1.72. The number of hydrogen-bond acceptors (Lipinski definition) is 3. The maximum Gasteiger partial charge on any atom is 0.255 e. The van der Waals surface area contributed by atoms with Crippen molar-refractivity contribution in [2.45, 2.75) is 25.3 Å². The van der Waals surface area contributed by atoms with Crippen molar-refractivity contribution in [3.63, 3.8) is 0 Å². The predicted octanol–water partition coefficient (Wildman–Crippen LogP) is 1.76. The van der Waals surface area contributed by atoms with Crippen LogP contribution in [-0.2, 0) is 6.42 Å². The van der Waals surface area contributed by atoms with E-state index in [-0.39, 0.29) is 5.91 Å². The fourth-order valence-electron chi connectivity index (χ4n) is 2.68. The first-order chi connectivity index (χ1) is 9.24. The molecule has 2 aliphatic rings. The summed E-state index contributed by atoms with van der Waals surface area (Å²) in [5.41, 5.74) is 1.58. The molecule has 5 heteroatoms. The minimum Gasteiger partial charge on any atom is -0.492 e. The number of halogens is 1. The summed E-state index contributed by atoms with van der Waals surface area (Å²) in [6.07, 6.45) is 3.11. The van der Waals surface area contributed by atoms with Crippen LogP contribution in [0.1, 0.15) is 28.8 Å². The molecule has 2 aliphatic heterocycles. The van der Waals surface area contributed by atoms with Crippen LogP contribution in [0, 0.1) is 0 Å². The van der Waals surface area contributed by atoms with Gasteiger partial charge in [-0.05, 0) is 37.1 Å². The number of hydrogen-bond donors (Lipinski definition) is 2. The van der Waals surface area contributed by atoms with Gasteiger partial charge in [-0.3, -0.25) is 4.79 Å². The Morgan fingerprint density at radius 2 is 2.42 bits per heavy atom. The summed E-state index contributed by atoms with van der Waals surface area (Å²) in [6.45, 7) is 2.32. The molecule has 0 aliphatic carbocycles. The average molecular weight is 281 g/mol. The molecule has 0 aromatic heterocycles. The van der Waals surface area contributed by atoms with E-state index in [4.69, 9.17) is 16.3 Å². The van der Waals surface area contributed by atoms with Crippen LogP contribution in [0.3, 0.4) is 0 Å². The molecule has 1 aromatic rings. The summed E-state index contributed by atoms with van der Waals surface area (Å²) in [5.74, 6) is 0.593. The van der Waals surface area contributed by atoms with Gasteiger partial charge in [-0.15, -0.1) is 0 Å². The SMILES string of the molecule is O=C(NCC1CCCN1)c1cc(Cl)cc2c1OCC2. The summed E-state index contributed by atoms with van der Waals surface area (Å²) < 4.78 is 5.54. The molecule has 1 fully saturated rings. The van der Waals surface area contributed by atoms with Crippen LogP contribution in [-0.4, -0.2) is 31.6 Å². The molecule has 1 saturated heterocycles. The summed E-state index contributed by atoms with van der Waals surface area (Å²) in [6, 6.07) is 3.94. The van der Waals surface area contributed by atoms with Crippen LogP contribution in [0.15, 0.2) is 12.1 Å². The van der Waals surface area contributed by atoms with E-state index in [1.54, 1.807) is 6.07 Å². The fraction of sp³-hybridized carbons (Fsp3) is 0.500. The van der Waals surface area contributed by atoms with Gasteiger partial charge in [0.25, 0.3) is 5.91 Å². The van der Waals surface area contributed by atoms with Gasteiger partial charge < -0.3 is 15.4 Å². The molecule has 1 unspecified atom stereocenters. The van der Waals surface area contributed by atoms with Crippen LogP contribution in [0.25, 0.3) is 0 Å². The molecule has 3 rings (SSSR count). The Kier molecular flexibility index (Phi) is 3.62. The standard InChI is InChI=1S/C14H17ClN2O2/c15-10-6-9-3-5-19-13(9)12(7-10)14(18)17-8-11-2-1-4-16-11/h6-7,11,16H,1-5,8H2,(H,17,18). The lowest BCUT2D eigenvalue weighted by atomic mass is 10.1. The second-order valence-electron chi connectivity index (χ2n) is 5.04. The van der Waals surface area contributed by atoms with Crippen molar-refractivity contribution in [2.75, 3.05) is 19.7 Å². The zero-order valence-electron chi connectivity index (χ0n) is 10.7. The summed E-state index contributed by atoms with van der Waals surface area (Å²) in [5, 5.41) is 6.90. The molecule has 0 bridgehead atoms. The number of fused-ring (bicyclic) bond motifs is 1. The highest BCUT2D eigenvalue weighted by Crippen LogP contribution is 2.32. The van der Waals surface area contributed by atoms with Gasteiger partial charge in [-0.2, -0.15) is 0 Å². The van der Waals surface area contributed by atoms with E-state index in [2.05, 4.69) is 10.6 Å². The first-order valence-corrected chi connectivity index (χ1v) is 7.08. The number of benzene rings is 1. The Hall–Kier alpha value is -1.26. The molecule has 19 heavy (non-hydrogen) atoms. The van der Waals surface area contributed by atoms with E-state index in [0.29, 0.717) is 35.5 Å². The first kappa shape index (κ1) is 12.8. The third kappa shape index (κ3) is 2.69. The number of amides is 1. The van der Waals surface area contributed by atoms with Crippen LogP contribution in [0.2, 0.25) is 5.02 Å². The average Bonchev–Trinajstić information content (AvgIpc) is 3.05. The maximum atomic E-state index is 12.2. The van der Waals surface area contributed by atoms with E-state index in [1.165, 1.54) is 6.42 Å². The Labute approximate surface area is 117 Å². The molecular weight excluding hydrogens is 264 g/mol. The molecule has 2 N–H and O–H groups in total. The molecule has 1 atom stereocenters. The molecule has 1 aromatic carbocycles. The van der Waals surface area contributed by atoms with Crippen LogP contribution >= 0.6 is 11.6 Å². The summed E-state index contributed by atoms with van der Waals surface area (Å²) >= 11 is 6.05. The van der Waals surface area contributed by atoms with Gasteiger partial charge in [0.1, 0.15) is 5.75 Å². The first-order valence-electron chi connectivity index (χ1n) is 6.71. The monoisotopic (exact) mass is 280 g/mol. The van der Waals surface area contributed by atoms with Crippen molar-refractivity contribution in [1.82, 2.24) is 10.6 Å². The van der Waals surface area contributed by atoms with Crippen molar-refractivity contribution in [3.8, 4) is 5.75 Å². The zero-order valence-corrected chi connectivity index (χ0v) is 11.4. The largest absolute Gasteiger partial charge is 0.492 e. The van der Waals surface area contributed by atoms with Crippen molar-refractivity contribution >= 4 is 17.5 Å². The Morgan fingerprint density at radius 1 is 1.53 bits per heavy atom. The van der Waals surface area contributed by atoms with Crippen molar-refractivity contribution in [2.24, 2.45) is 0 Å². The normalized spacial score (nSPS) is 21.0. The Bertz CT molecular complexity index is 498. The minimum atomic E-state index is -0.102. The number of carbonyl (C=O) groups excluding carboxylic acids is 1. The summed E-state index contributed by atoms with van der Waals surface area (Å²) in [4.78, 5) is 12.2. The smallest absolute Gasteiger partial charge is 0.255 e. The quantitative estimate of drug-likeness (QED) is 0.887. The predicted molar refractivity (Wildman–Crippen MR) is 74.0 cm³/mol. The van der Waals surface area contributed by atoms with Gasteiger partial charge in [-0.25, -0.2) is 0 Å². The van der Waals surface area contributed by atoms with Gasteiger partial charge in [-0.1, -0.05) is 11.6 Å². The van der Waals surface area contributed by atoms with E-state index in [1.807, 2.05) is 6.07 Å². The van der Waals surface area contributed by atoms with Crippen LogP contribution < -0.4 is 15.4 Å². The van der Waals surface area contributed by atoms with E-state index in [0.717, 1.165) is 24.9 Å². The summed E-state index contributed by atoms with van der Waals surface area (Å²) in [7, 11) is 0. The third-order valence-electron chi connectivity index (χ3n) is 3.66. The number of carbonyl (C=O) groups is 1. The maximum absolute atomic E-state index is 12.2. The number of rotatable bonds is 3. The number of ether oxygens (including phenoxy) is 1. The lowest BCUT2D eigenvalue weighted by molar-refractivity contribution is 0.0947. The fourth-order valence-corrected chi connectivity index (χ4v) is 2.92. The second-order valence-corrected chi connectivity index (χ2v) is 5.48. The van der Waals surface area contributed by atoms with Gasteiger partial charge in [0.15, 0.2) is 0 Å². The van der Waals surface area contributed by atoms with Crippen molar-refractivity contribution in [3.05, 3.63) is 28.3 Å². The number of nitrogens with one attached hydrogen (secondary N) is 2. The van der Waals surface area contributed by atoms with Crippen molar-refractivity contribution in [1.29, 1.82) is 0 Å². The van der Waals surface area contributed by atoms with Crippen LogP contribution in [0.4, 0.5) is 0 Å². The van der Waals surface area contributed by atoms with E-state index < -0.39 is 0 Å². The third-order valence-corrected chi connectivity index (χ3v) is 3.88. The molecule has 4 nitrogen and oxygen atoms in total. The van der Waals surface area contributed by atoms with Gasteiger partial charge >= 0.3 is 0 Å². The topological polar surface area (TPSA) is 50.4 Å². The second kappa shape index (κ2) is 5.39.